The fourth-order valence-electron chi connectivity index (χ4n) is 10.2. The number of fused-ring (bicyclic) bond motifs is 4. The van der Waals surface area contributed by atoms with Gasteiger partial charge in [-0.25, -0.2) is 19.2 Å². The lowest BCUT2D eigenvalue weighted by molar-refractivity contribution is -0.135. The van der Waals surface area contributed by atoms with Crippen LogP contribution in [0.1, 0.15) is 98.7 Å². The molecule has 3 saturated heterocycles. The summed E-state index contributed by atoms with van der Waals surface area (Å²) >= 11 is 0. The minimum Gasteiger partial charge on any atom is -0.369 e. The van der Waals surface area contributed by atoms with Crippen molar-refractivity contribution in [3.05, 3.63) is 99.6 Å². The van der Waals surface area contributed by atoms with Crippen molar-refractivity contribution in [2.75, 3.05) is 44.2 Å². The maximum Gasteiger partial charge on any atom is 0.329 e. The quantitative estimate of drug-likeness (QED) is 0.148. The molecule has 17 nitrogen and oxygen atoms in total. The van der Waals surface area contributed by atoms with E-state index >= 15 is 4.39 Å². The molecule has 10 rings (SSSR count). The van der Waals surface area contributed by atoms with Crippen LogP contribution in [0.2, 0.25) is 0 Å². The fraction of sp³-hybridized carbons (Fsp3) is 0.429. The van der Waals surface area contributed by atoms with Gasteiger partial charge in [0, 0.05) is 79.8 Å². The summed E-state index contributed by atoms with van der Waals surface area (Å²) in [6.07, 6.45) is 4.10. The third-order valence-corrected chi connectivity index (χ3v) is 14.0. The lowest BCUT2D eigenvalue weighted by Crippen LogP contribution is -2.53. The smallest absolute Gasteiger partial charge is 0.329 e. The van der Waals surface area contributed by atoms with Gasteiger partial charge in [-0.15, -0.1) is 0 Å². The van der Waals surface area contributed by atoms with E-state index in [1.54, 1.807) is 36.1 Å². The number of carbonyl (C=O) groups is 3. The molecule has 3 N–H and O–H groups in total. The minimum atomic E-state index is -0.707. The highest BCUT2D eigenvalue weighted by Gasteiger charge is 2.33. The molecule has 1 unspecified atom stereocenters. The second-order valence-corrected chi connectivity index (χ2v) is 19.3. The number of hydrogen-bond donors (Lipinski definition) is 3. The molecule has 4 aromatic heterocycles. The maximum absolute atomic E-state index is 16.4. The number of hydrogen-bond acceptors (Lipinski definition) is 12. The van der Waals surface area contributed by atoms with Crippen LogP contribution in [0.4, 0.5) is 10.1 Å². The van der Waals surface area contributed by atoms with Crippen molar-refractivity contribution in [2.45, 2.75) is 90.4 Å². The molecule has 0 saturated carbocycles. The highest BCUT2D eigenvalue weighted by atomic mass is 19.1. The van der Waals surface area contributed by atoms with Crippen LogP contribution in [0, 0.1) is 12.7 Å². The Morgan fingerprint density at radius 2 is 1.73 bits per heavy atom. The van der Waals surface area contributed by atoms with Gasteiger partial charge in [-0.05, 0) is 93.2 Å². The average molecular weight is 911 g/mol. The molecule has 3 aliphatic rings. The van der Waals surface area contributed by atoms with Crippen LogP contribution in [-0.4, -0.2) is 107 Å². The third kappa shape index (κ3) is 8.15. The zero-order chi connectivity index (χ0) is 46.9. The number of aryl methyl sites for hydroxylation is 1. The summed E-state index contributed by atoms with van der Waals surface area (Å²) in [5.74, 6) is -1.38. The van der Waals surface area contributed by atoms with Crippen molar-refractivity contribution < 1.29 is 23.3 Å². The van der Waals surface area contributed by atoms with Gasteiger partial charge in [0.25, 0.3) is 11.7 Å². The molecule has 348 valence electrons. The number of carbonyl (C=O) groups excluding carboxylic acids is 3. The van der Waals surface area contributed by atoms with Crippen LogP contribution in [-0.2, 0) is 28.6 Å². The number of aromatic amines is 1. The van der Waals surface area contributed by atoms with Crippen molar-refractivity contribution in [1.29, 1.82) is 0 Å². The van der Waals surface area contributed by atoms with E-state index in [9.17, 15) is 19.2 Å². The summed E-state index contributed by atoms with van der Waals surface area (Å²) in [4.78, 5) is 75.2. The first-order valence-corrected chi connectivity index (χ1v) is 23.1. The van der Waals surface area contributed by atoms with Gasteiger partial charge in [-0.1, -0.05) is 44.1 Å². The topological polar surface area (TPSA) is 192 Å². The highest BCUT2D eigenvalue weighted by molar-refractivity contribution is 6.12. The number of anilines is 1. The van der Waals surface area contributed by atoms with Crippen LogP contribution in [0.25, 0.3) is 44.2 Å². The molecule has 18 heteroatoms. The van der Waals surface area contributed by atoms with Crippen molar-refractivity contribution in [1.82, 2.24) is 54.7 Å². The Balaban J connectivity index is 0.774. The zero-order valence-corrected chi connectivity index (χ0v) is 38.7. The molecule has 7 aromatic rings. The largest absolute Gasteiger partial charge is 0.369 e. The van der Waals surface area contributed by atoms with E-state index < -0.39 is 35.1 Å². The molecule has 67 heavy (non-hydrogen) atoms. The normalized spacial score (nSPS) is 18.6. The van der Waals surface area contributed by atoms with Gasteiger partial charge in [0.1, 0.15) is 23.8 Å². The van der Waals surface area contributed by atoms with Crippen LogP contribution in [0.5, 0.6) is 0 Å². The molecule has 3 aromatic carbocycles. The molecular weight excluding hydrogens is 856 g/mol. The first-order chi connectivity index (χ1) is 32.1. The van der Waals surface area contributed by atoms with E-state index in [1.807, 2.05) is 39.0 Å². The van der Waals surface area contributed by atoms with Crippen molar-refractivity contribution in [3.8, 4) is 11.3 Å². The number of imide groups is 1. The highest BCUT2D eigenvalue weighted by Crippen LogP contribution is 2.37. The van der Waals surface area contributed by atoms with E-state index in [2.05, 4.69) is 74.7 Å². The number of nitrogens with zero attached hydrogens (tertiary/aromatic N) is 9. The molecule has 0 spiro atoms. The molecule has 3 amide bonds. The van der Waals surface area contributed by atoms with E-state index in [-0.39, 0.29) is 23.8 Å². The van der Waals surface area contributed by atoms with Gasteiger partial charge < -0.3 is 19.7 Å². The number of benzene rings is 3. The van der Waals surface area contributed by atoms with Crippen LogP contribution in [0.15, 0.2) is 64.2 Å². The number of H-pyrrole nitrogens is 1. The lowest BCUT2D eigenvalue weighted by atomic mass is 9.96. The first-order valence-electron chi connectivity index (χ1n) is 23.1. The van der Waals surface area contributed by atoms with E-state index in [4.69, 9.17) is 4.52 Å². The molecule has 3 fully saturated rings. The second-order valence-electron chi connectivity index (χ2n) is 19.3. The number of piperidine rings is 2. The van der Waals surface area contributed by atoms with Crippen molar-refractivity contribution >= 4 is 56.4 Å². The zero-order valence-electron chi connectivity index (χ0n) is 38.7. The Labute approximate surface area is 385 Å². The van der Waals surface area contributed by atoms with Crippen LogP contribution < -0.4 is 21.2 Å². The number of nitrogens with one attached hydrogen (secondary N) is 3. The van der Waals surface area contributed by atoms with Crippen molar-refractivity contribution in [2.24, 2.45) is 7.05 Å². The monoisotopic (exact) mass is 910 g/mol. The molecule has 0 aliphatic carbocycles. The molecule has 7 heterocycles. The number of likely N-dealkylation sites (tertiary alicyclic amines) is 1. The Hall–Kier alpha value is -6.79. The van der Waals surface area contributed by atoms with E-state index in [0.717, 1.165) is 97.2 Å². The van der Waals surface area contributed by atoms with Gasteiger partial charge in [-0.3, -0.25) is 38.6 Å². The summed E-state index contributed by atoms with van der Waals surface area (Å²) in [6, 6.07) is 15.2. The second kappa shape index (κ2) is 17.1. The number of halogens is 1. The van der Waals surface area contributed by atoms with Gasteiger partial charge in [-0.2, -0.15) is 4.98 Å². The van der Waals surface area contributed by atoms with Gasteiger partial charge in [0.05, 0.1) is 28.2 Å². The number of amides is 3. The fourth-order valence-corrected chi connectivity index (χ4v) is 10.2. The Morgan fingerprint density at radius 1 is 0.955 bits per heavy atom. The van der Waals surface area contributed by atoms with Gasteiger partial charge in [0.15, 0.2) is 0 Å². The maximum atomic E-state index is 16.4. The van der Waals surface area contributed by atoms with E-state index in [1.165, 1.54) is 6.33 Å². The van der Waals surface area contributed by atoms with Crippen LogP contribution >= 0.6 is 0 Å². The average Bonchev–Trinajstić information content (AvgIpc) is 4.03. The summed E-state index contributed by atoms with van der Waals surface area (Å²) in [5.41, 5.74) is 6.40. The third-order valence-electron chi connectivity index (χ3n) is 14.0. The van der Waals surface area contributed by atoms with Crippen molar-refractivity contribution in [3.63, 3.8) is 0 Å². The molecule has 0 bridgehead atoms. The molecular formula is C49H55FN12O5. The van der Waals surface area contributed by atoms with Gasteiger partial charge in [0.2, 0.25) is 17.7 Å². The molecule has 0 radical (unpaired) electrons. The predicted octanol–water partition coefficient (Wildman–Crippen LogP) is 5.81. The molecule has 3 aliphatic heterocycles. The summed E-state index contributed by atoms with van der Waals surface area (Å²) in [7, 11) is 1.72. The Kier molecular flexibility index (Phi) is 11.3. The van der Waals surface area contributed by atoms with E-state index in [0.29, 0.717) is 46.4 Å². The van der Waals surface area contributed by atoms with Crippen LogP contribution in [0.3, 0.4) is 0 Å². The number of piperazine rings is 1. The summed E-state index contributed by atoms with van der Waals surface area (Å²) in [6.45, 7) is 15.6. The predicted molar refractivity (Wildman–Crippen MR) is 251 cm³/mol. The van der Waals surface area contributed by atoms with Gasteiger partial charge >= 0.3 is 5.69 Å². The Bertz CT molecular complexity index is 3150. The lowest BCUT2D eigenvalue weighted by Gasteiger charge is -2.43. The Morgan fingerprint density at radius 3 is 2.46 bits per heavy atom. The molecule has 2 atom stereocenters. The minimum absolute atomic E-state index is 0.0729. The summed E-state index contributed by atoms with van der Waals surface area (Å²) < 4.78 is 24.8. The number of imidazole rings is 1. The first kappa shape index (κ1) is 44.1. The number of aromatic nitrogens is 7. The SMILES string of the molecule is Cc1c([C@@H](C)NC(=O)c2noc(C(C)(C)C)n2)ccc(-c2ncnc3[nH]c4cc(N5CCN(C6CCN(Cc7ccc8c(c7)n(C7CCC(=O)NC7=O)c(=O)n8C)CC6)CC5)ccc4c23)c1F. The number of rotatable bonds is 9. The summed E-state index contributed by atoms with van der Waals surface area (Å²) in [5, 5.41) is 10.8. The standard InChI is InChI=1S/C49H55FN12O5/c1-27-32(28(2)53-46(65)44-56-47(67-57-44)49(3,4)5)10-11-34(41(27)50)42-40-33-9-8-31(24-35(33)54-43(40)52-26-51-42)61-21-19-60(20-22-61)30-15-17-59(18-16-30)25-29-7-12-36-38(23-29)62(48(66)58(36)6)37-13-14-39(63)55-45(37)64/h7-12,23-24,26,28,30,37H,13-22,25H2,1-6H3,(H,53,65)(H,51,52,54)(H,55,63,64)/t28-,37?/m1/s1.